The van der Waals surface area contributed by atoms with E-state index in [-0.39, 0.29) is 5.76 Å². The molecule has 5 nitrogen and oxygen atoms in total. The molecule has 1 fully saturated rings. The van der Waals surface area contributed by atoms with Crippen molar-refractivity contribution in [2.45, 2.75) is 13.0 Å². The van der Waals surface area contributed by atoms with Crippen LogP contribution < -0.4 is 0 Å². The lowest BCUT2D eigenvalue weighted by atomic mass is 10.1. The molecule has 1 saturated heterocycles. The number of hydrogen-bond acceptors (Lipinski definition) is 4. The van der Waals surface area contributed by atoms with Crippen LogP contribution >= 0.6 is 0 Å². The lowest BCUT2D eigenvalue weighted by molar-refractivity contribution is 0.0658. The number of methoxy groups -OCH3 is 1. The Kier molecular flexibility index (Phi) is 3.81. The lowest BCUT2D eigenvalue weighted by Gasteiger charge is -2.13. The van der Waals surface area contributed by atoms with Crippen molar-refractivity contribution in [2.75, 3.05) is 26.8 Å². The number of ether oxygens (including phenoxy) is 1. The predicted octanol–water partition coefficient (Wildman–Crippen LogP) is 1.45. The van der Waals surface area contributed by atoms with Crippen LogP contribution in [0.15, 0.2) is 16.5 Å². The molecule has 2 heterocycles. The van der Waals surface area contributed by atoms with E-state index in [0.29, 0.717) is 18.2 Å². The summed E-state index contributed by atoms with van der Waals surface area (Å²) in [5, 5.41) is 8.75. The van der Waals surface area contributed by atoms with E-state index in [2.05, 4.69) is 4.90 Å². The first-order valence-corrected chi connectivity index (χ1v) is 5.72. The second-order valence-corrected chi connectivity index (χ2v) is 4.42. The molecule has 0 aliphatic carbocycles. The van der Waals surface area contributed by atoms with E-state index in [1.807, 2.05) is 0 Å². The van der Waals surface area contributed by atoms with Gasteiger partial charge in [0.25, 0.3) is 0 Å². The van der Waals surface area contributed by atoms with E-state index < -0.39 is 5.97 Å². The van der Waals surface area contributed by atoms with Crippen molar-refractivity contribution in [1.82, 2.24) is 4.90 Å². The van der Waals surface area contributed by atoms with Crippen LogP contribution in [-0.2, 0) is 11.3 Å². The number of likely N-dealkylation sites (tertiary alicyclic amines) is 1. The number of aromatic carboxylic acids is 1. The van der Waals surface area contributed by atoms with Gasteiger partial charge in [0.05, 0.1) is 13.2 Å². The molecule has 1 atom stereocenters. The molecular weight excluding hydrogens is 222 g/mol. The zero-order chi connectivity index (χ0) is 12.3. The number of nitrogens with zero attached hydrogens (tertiary/aromatic N) is 1. The largest absolute Gasteiger partial charge is 0.475 e. The van der Waals surface area contributed by atoms with E-state index in [1.165, 1.54) is 6.07 Å². The summed E-state index contributed by atoms with van der Waals surface area (Å²) >= 11 is 0. The summed E-state index contributed by atoms with van der Waals surface area (Å²) in [6.07, 6.45) is 1.13. The van der Waals surface area contributed by atoms with Gasteiger partial charge >= 0.3 is 5.97 Å². The lowest BCUT2D eigenvalue weighted by Crippen LogP contribution is -2.21. The van der Waals surface area contributed by atoms with Crippen LogP contribution in [0, 0.1) is 5.92 Å². The predicted molar refractivity (Wildman–Crippen MR) is 60.9 cm³/mol. The second-order valence-electron chi connectivity index (χ2n) is 4.42. The number of carboxylic acids is 1. The molecular formula is C12H17NO4. The molecule has 0 aromatic carbocycles. The molecule has 0 radical (unpaired) electrons. The van der Waals surface area contributed by atoms with Gasteiger partial charge < -0.3 is 14.3 Å². The van der Waals surface area contributed by atoms with Gasteiger partial charge in [-0.25, -0.2) is 4.79 Å². The van der Waals surface area contributed by atoms with Gasteiger partial charge in [-0.05, 0) is 31.0 Å². The molecule has 17 heavy (non-hydrogen) atoms. The smallest absolute Gasteiger partial charge is 0.371 e. The van der Waals surface area contributed by atoms with E-state index >= 15 is 0 Å². The van der Waals surface area contributed by atoms with Crippen molar-refractivity contribution in [3.63, 3.8) is 0 Å². The molecule has 1 unspecified atom stereocenters. The fourth-order valence-electron chi connectivity index (χ4n) is 2.23. The minimum absolute atomic E-state index is 0.00707. The summed E-state index contributed by atoms with van der Waals surface area (Å²) in [5.41, 5.74) is 0. The SMILES string of the molecule is COCC1CCN(Cc2ccc(C(=O)O)o2)C1. The highest BCUT2D eigenvalue weighted by atomic mass is 16.5. The minimum Gasteiger partial charge on any atom is -0.475 e. The third-order valence-corrected chi connectivity index (χ3v) is 3.02. The second kappa shape index (κ2) is 5.33. The highest BCUT2D eigenvalue weighted by Gasteiger charge is 2.23. The Morgan fingerprint density at radius 1 is 1.65 bits per heavy atom. The average Bonchev–Trinajstić information content (AvgIpc) is 2.89. The topological polar surface area (TPSA) is 62.9 Å². The fourth-order valence-corrected chi connectivity index (χ4v) is 2.23. The molecule has 1 N–H and O–H groups in total. The van der Waals surface area contributed by atoms with Crippen molar-refractivity contribution < 1.29 is 19.1 Å². The number of carbonyl (C=O) groups is 1. The van der Waals surface area contributed by atoms with Gasteiger partial charge in [0.15, 0.2) is 0 Å². The van der Waals surface area contributed by atoms with Crippen molar-refractivity contribution in [3.05, 3.63) is 23.7 Å². The maximum atomic E-state index is 10.7. The first-order chi connectivity index (χ1) is 8.19. The Bertz CT molecular complexity index is 388. The van der Waals surface area contributed by atoms with E-state index in [1.54, 1.807) is 13.2 Å². The maximum absolute atomic E-state index is 10.7. The maximum Gasteiger partial charge on any atom is 0.371 e. The number of hydrogen-bond donors (Lipinski definition) is 1. The average molecular weight is 239 g/mol. The van der Waals surface area contributed by atoms with Gasteiger partial charge in [-0.1, -0.05) is 0 Å². The van der Waals surface area contributed by atoms with Crippen LogP contribution in [-0.4, -0.2) is 42.8 Å². The molecule has 2 rings (SSSR count). The van der Waals surface area contributed by atoms with Crippen LogP contribution in [0.4, 0.5) is 0 Å². The highest BCUT2D eigenvalue weighted by molar-refractivity contribution is 5.84. The van der Waals surface area contributed by atoms with Crippen molar-refractivity contribution >= 4 is 5.97 Å². The first-order valence-electron chi connectivity index (χ1n) is 5.72. The van der Waals surface area contributed by atoms with Gasteiger partial charge in [0.2, 0.25) is 5.76 Å². The number of rotatable bonds is 5. The molecule has 94 valence electrons. The van der Waals surface area contributed by atoms with Crippen molar-refractivity contribution in [2.24, 2.45) is 5.92 Å². The summed E-state index contributed by atoms with van der Waals surface area (Å²) in [4.78, 5) is 12.9. The van der Waals surface area contributed by atoms with E-state index in [4.69, 9.17) is 14.3 Å². The first kappa shape index (κ1) is 12.1. The summed E-state index contributed by atoms with van der Waals surface area (Å²) in [7, 11) is 1.72. The van der Waals surface area contributed by atoms with Crippen LogP contribution in [0.5, 0.6) is 0 Å². The molecule has 1 aromatic heterocycles. The quantitative estimate of drug-likeness (QED) is 0.842. The van der Waals surface area contributed by atoms with Crippen LogP contribution in [0.2, 0.25) is 0 Å². The van der Waals surface area contributed by atoms with Gasteiger partial charge in [-0.2, -0.15) is 0 Å². The Balaban J connectivity index is 1.87. The normalized spacial score (nSPS) is 20.9. The third-order valence-electron chi connectivity index (χ3n) is 3.02. The summed E-state index contributed by atoms with van der Waals surface area (Å²) < 4.78 is 10.4. The van der Waals surface area contributed by atoms with Crippen LogP contribution in [0.3, 0.4) is 0 Å². The summed E-state index contributed by atoms with van der Waals surface area (Å²) in [5.74, 6) is 0.275. The molecule has 0 saturated carbocycles. The molecule has 1 aliphatic heterocycles. The van der Waals surface area contributed by atoms with Gasteiger partial charge in [-0.3, -0.25) is 4.90 Å². The Morgan fingerprint density at radius 3 is 3.12 bits per heavy atom. The molecule has 0 bridgehead atoms. The molecule has 1 aliphatic rings. The number of carboxylic acid groups (broad SMARTS) is 1. The van der Waals surface area contributed by atoms with E-state index in [0.717, 1.165) is 26.1 Å². The minimum atomic E-state index is -1.02. The Labute approximate surface area is 100.0 Å². The van der Waals surface area contributed by atoms with Crippen molar-refractivity contribution in [1.29, 1.82) is 0 Å². The Morgan fingerprint density at radius 2 is 2.47 bits per heavy atom. The Hall–Kier alpha value is -1.33. The molecule has 1 aromatic rings. The van der Waals surface area contributed by atoms with Gasteiger partial charge in [-0.15, -0.1) is 0 Å². The van der Waals surface area contributed by atoms with Crippen LogP contribution in [0.1, 0.15) is 22.7 Å². The van der Waals surface area contributed by atoms with Gasteiger partial charge in [0.1, 0.15) is 5.76 Å². The zero-order valence-corrected chi connectivity index (χ0v) is 9.89. The highest BCUT2D eigenvalue weighted by Crippen LogP contribution is 2.19. The summed E-state index contributed by atoms with van der Waals surface area (Å²) in [6, 6.07) is 3.23. The molecule has 5 heteroatoms. The third kappa shape index (κ3) is 3.08. The van der Waals surface area contributed by atoms with Gasteiger partial charge in [0, 0.05) is 13.7 Å². The molecule has 0 amide bonds. The van der Waals surface area contributed by atoms with E-state index in [9.17, 15) is 4.79 Å². The van der Waals surface area contributed by atoms with Crippen LogP contribution in [0.25, 0.3) is 0 Å². The molecule has 0 spiro atoms. The summed E-state index contributed by atoms with van der Waals surface area (Å²) in [6.45, 7) is 3.45. The number of furan rings is 1. The van der Waals surface area contributed by atoms with Crippen molar-refractivity contribution in [3.8, 4) is 0 Å². The standard InChI is InChI=1S/C12H17NO4/c1-16-8-9-4-5-13(6-9)7-10-2-3-11(17-10)12(14)15/h2-3,9H,4-8H2,1H3,(H,14,15). The monoisotopic (exact) mass is 239 g/mol. The fraction of sp³-hybridized carbons (Fsp3) is 0.583. The zero-order valence-electron chi connectivity index (χ0n) is 9.89.